The van der Waals surface area contributed by atoms with Gasteiger partial charge in [-0.05, 0) is 0 Å². The van der Waals surface area contributed by atoms with E-state index < -0.39 is 12.0 Å². The van der Waals surface area contributed by atoms with Gasteiger partial charge < -0.3 is 15.4 Å². The molecule has 0 aliphatic heterocycles. The highest BCUT2D eigenvalue weighted by atomic mass is 16.5. The minimum absolute atomic E-state index is 0.121. The fraction of sp³-hybridized carbons (Fsp3) is 0.600. The van der Waals surface area contributed by atoms with Gasteiger partial charge in [0.1, 0.15) is 5.76 Å². The average Bonchev–Trinajstić information content (AvgIpc) is 2.48. The van der Waals surface area contributed by atoms with Crippen LogP contribution in [0.5, 0.6) is 0 Å². The Kier molecular flexibility index (Phi) is 3.14. The SMILES string of the molecule is CC(C)(C)c1oncc1C(N)CC(=O)O. The summed E-state index contributed by atoms with van der Waals surface area (Å²) in [6.45, 7) is 5.89. The van der Waals surface area contributed by atoms with Crippen molar-refractivity contribution in [3.63, 3.8) is 0 Å². The largest absolute Gasteiger partial charge is 0.481 e. The molecular weight excluding hydrogens is 196 g/mol. The molecule has 84 valence electrons. The summed E-state index contributed by atoms with van der Waals surface area (Å²) in [4.78, 5) is 10.5. The number of nitrogens with zero attached hydrogens (tertiary/aromatic N) is 1. The zero-order valence-electron chi connectivity index (χ0n) is 9.15. The first kappa shape index (κ1) is 11.7. The number of aliphatic carboxylic acids is 1. The highest BCUT2D eigenvalue weighted by Crippen LogP contribution is 2.29. The number of carbonyl (C=O) groups is 1. The lowest BCUT2D eigenvalue weighted by Crippen LogP contribution is -2.20. The number of aromatic nitrogens is 1. The van der Waals surface area contributed by atoms with Crippen molar-refractivity contribution in [1.29, 1.82) is 0 Å². The fourth-order valence-electron chi connectivity index (χ4n) is 1.38. The molecule has 0 saturated heterocycles. The predicted molar refractivity (Wildman–Crippen MR) is 54.4 cm³/mol. The zero-order valence-corrected chi connectivity index (χ0v) is 9.15. The lowest BCUT2D eigenvalue weighted by molar-refractivity contribution is -0.137. The summed E-state index contributed by atoms with van der Waals surface area (Å²) in [6, 6.07) is -0.567. The number of nitrogens with two attached hydrogens (primary N) is 1. The standard InChI is InChI=1S/C10H16N2O3/c1-10(2,3)9-6(5-12-15-9)7(11)4-8(13)14/h5,7H,4,11H2,1-3H3,(H,13,14). The van der Waals surface area contributed by atoms with Gasteiger partial charge in [0.05, 0.1) is 12.6 Å². The van der Waals surface area contributed by atoms with Crippen molar-refractivity contribution in [3.8, 4) is 0 Å². The molecule has 1 aromatic rings. The molecule has 0 bridgehead atoms. The minimum atomic E-state index is -0.927. The Labute approximate surface area is 88.2 Å². The molecule has 0 aliphatic rings. The molecule has 0 amide bonds. The maximum atomic E-state index is 10.5. The van der Waals surface area contributed by atoms with Crippen LogP contribution in [0.25, 0.3) is 0 Å². The number of hydrogen-bond donors (Lipinski definition) is 2. The van der Waals surface area contributed by atoms with Crippen molar-refractivity contribution in [2.45, 2.75) is 38.6 Å². The van der Waals surface area contributed by atoms with Gasteiger partial charge in [-0.2, -0.15) is 0 Å². The summed E-state index contributed by atoms with van der Waals surface area (Å²) in [5.74, 6) is -0.278. The van der Waals surface area contributed by atoms with Gasteiger partial charge in [0.15, 0.2) is 0 Å². The van der Waals surface area contributed by atoms with E-state index >= 15 is 0 Å². The van der Waals surface area contributed by atoms with E-state index in [-0.39, 0.29) is 11.8 Å². The highest BCUT2D eigenvalue weighted by molar-refractivity contribution is 5.67. The molecule has 0 aromatic carbocycles. The van der Waals surface area contributed by atoms with Crippen LogP contribution in [-0.2, 0) is 10.2 Å². The molecule has 0 spiro atoms. The Morgan fingerprint density at radius 2 is 2.27 bits per heavy atom. The number of carboxylic acids is 1. The molecule has 0 saturated carbocycles. The molecule has 5 heteroatoms. The van der Waals surface area contributed by atoms with E-state index in [1.807, 2.05) is 20.8 Å². The van der Waals surface area contributed by atoms with Gasteiger partial charge >= 0.3 is 5.97 Å². The Bertz CT molecular complexity index is 352. The molecule has 1 unspecified atom stereocenters. The van der Waals surface area contributed by atoms with Gasteiger partial charge in [-0.25, -0.2) is 0 Å². The summed E-state index contributed by atoms with van der Waals surface area (Å²) < 4.78 is 5.11. The molecule has 15 heavy (non-hydrogen) atoms. The topological polar surface area (TPSA) is 89.4 Å². The van der Waals surface area contributed by atoms with Crippen molar-refractivity contribution in [2.75, 3.05) is 0 Å². The molecule has 0 radical (unpaired) electrons. The van der Waals surface area contributed by atoms with E-state index in [0.717, 1.165) is 0 Å². The Balaban J connectivity index is 2.95. The van der Waals surface area contributed by atoms with E-state index in [1.54, 1.807) is 0 Å². The van der Waals surface area contributed by atoms with Gasteiger partial charge in [-0.3, -0.25) is 4.79 Å². The molecule has 1 atom stereocenters. The Morgan fingerprint density at radius 1 is 1.67 bits per heavy atom. The van der Waals surface area contributed by atoms with Crippen LogP contribution >= 0.6 is 0 Å². The lowest BCUT2D eigenvalue weighted by Gasteiger charge is -2.18. The third-order valence-corrected chi connectivity index (χ3v) is 2.07. The smallest absolute Gasteiger partial charge is 0.305 e. The third-order valence-electron chi connectivity index (χ3n) is 2.07. The highest BCUT2D eigenvalue weighted by Gasteiger charge is 2.26. The number of carboxylic acid groups (broad SMARTS) is 1. The molecule has 3 N–H and O–H groups in total. The maximum Gasteiger partial charge on any atom is 0.305 e. The molecule has 0 fully saturated rings. The van der Waals surface area contributed by atoms with Crippen molar-refractivity contribution in [2.24, 2.45) is 5.73 Å². The molecule has 1 aromatic heterocycles. The first-order valence-electron chi connectivity index (χ1n) is 4.75. The first-order valence-corrected chi connectivity index (χ1v) is 4.75. The average molecular weight is 212 g/mol. The second-order valence-corrected chi connectivity index (χ2v) is 4.56. The van der Waals surface area contributed by atoms with E-state index in [4.69, 9.17) is 15.4 Å². The minimum Gasteiger partial charge on any atom is -0.481 e. The van der Waals surface area contributed by atoms with E-state index in [1.165, 1.54) is 6.20 Å². The summed E-state index contributed by atoms with van der Waals surface area (Å²) in [5, 5.41) is 12.3. The van der Waals surface area contributed by atoms with Gasteiger partial charge in [0.25, 0.3) is 0 Å². The molecular formula is C10H16N2O3. The fourth-order valence-corrected chi connectivity index (χ4v) is 1.38. The summed E-state index contributed by atoms with van der Waals surface area (Å²) >= 11 is 0. The zero-order chi connectivity index (χ0) is 11.6. The van der Waals surface area contributed by atoms with E-state index in [9.17, 15) is 4.79 Å². The third kappa shape index (κ3) is 2.79. The summed E-state index contributed by atoms with van der Waals surface area (Å²) in [7, 11) is 0. The Hall–Kier alpha value is -1.36. The van der Waals surface area contributed by atoms with Crippen LogP contribution in [0.1, 0.15) is 44.6 Å². The molecule has 1 rings (SSSR count). The van der Waals surface area contributed by atoms with Crippen LogP contribution in [0.4, 0.5) is 0 Å². The Morgan fingerprint density at radius 3 is 2.73 bits per heavy atom. The summed E-state index contributed by atoms with van der Waals surface area (Å²) in [6.07, 6.45) is 1.37. The van der Waals surface area contributed by atoms with Crippen molar-refractivity contribution >= 4 is 5.97 Å². The normalized spacial score (nSPS) is 13.9. The van der Waals surface area contributed by atoms with E-state index in [0.29, 0.717) is 11.3 Å². The van der Waals surface area contributed by atoms with Crippen molar-refractivity contribution in [1.82, 2.24) is 5.16 Å². The van der Waals surface area contributed by atoms with Crippen LogP contribution in [0, 0.1) is 0 Å². The molecule has 1 heterocycles. The second-order valence-electron chi connectivity index (χ2n) is 4.56. The van der Waals surface area contributed by atoms with E-state index in [2.05, 4.69) is 5.16 Å². The van der Waals surface area contributed by atoms with Gasteiger partial charge in [-0.1, -0.05) is 25.9 Å². The molecule has 0 aliphatic carbocycles. The lowest BCUT2D eigenvalue weighted by atomic mass is 9.88. The van der Waals surface area contributed by atoms with Crippen LogP contribution in [0.2, 0.25) is 0 Å². The maximum absolute atomic E-state index is 10.5. The van der Waals surface area contributed by atoms with Crippen LogP contribution in [0.15, 0.2) is 10.7 Å². The van der Waals surface area contributed by atoms with Gasteiger partial charge in [0.2, 0.25) is 0 Å². The predicted octanol–water partition coefficient (Wildman–Crippen LogP) is 1.45. The van der Waals surface area contributed by atoms with Crippen LogP contribution in [-0.4, -0.2) is 16.2 Å². The van der Waals surface area contributed by atoms with Gasteiger partial charge in [0, 0.05) is 17.0 Å². The molecule has 5 nitrogen and oxygen atoms in total. The van der Waals surface area contributed by atoms with Crippen LogP contribution < -0.4 is 5.73 Å². The quantitative estimate of drug-likeness (QED) is 0.791. The number of rotatable bonds is 3. The van der Waals surface area contributed by atoms with Crippen LogP contribution in [0.3, 0.4) is 0 Å². The monoisotopic (exact) mass is 212 g/mol. The summed E-state index contributed by atoms with van der Waals surface area (Å²) in [5.41, 5.74) is 6.21. The second kappa shape index (κ2) is 4.02. The first-order chi connectivity index (χ1) is 6.82. The van der Waals surface area contributed by atoms with Gasteiger partial charge in [-0.15, -0.1) is 0 Å². The van der Waals surface area contributed by atoms with Crippen molar-refractivity contribution < 1.29 is 14.4 Å². The van der Waals surface area contributed by atoms with Crippen molar-refractivity contribution in [3.05, 3.63) is 17.5 Å². The number of hydrogen-bond acceptors (Lipinski definition) is 4.